The molecule has 2 rings (SSSR count). The van der Waals surface area contributed by atoms with E-state index in [-0.39, 0.29) is 5.69 Å². The van der Waals surface area contributed by atoms with Crippen molar-refractivity contribution >= 4 is 21.4 Å². The Hall–Kier alpha value is -1.71. The zero-order chi connectivity index (χ0) is 17.6. The van der Waals surface area contributed by atoms with E-state index in [9.17, 15) is 18.5 Å². The lowest BCUT2D eigenvalue weighted by Gasteiger charge is -2.47. The lowest BCUT2D eigenvalue weighted by atomic mass is 9.98. The molecule has 0 radical (unpaired) electrons. The third kappa shape index (κ3) is 3.80. The quantitative estimate of drug-likeness (QED) is 0.659. The number of hydrogen-bond acceptors (Lipinski definition) is 6. The Kier molecular flexibility index (Phi) is 4.16. The van der Waals surface area contributed by atoms with Crippen LogP contribution in [0.3, 0.4) is 0 Å². The molecule has 0 atom stereocenters. The molecule has 8 nitrogen and oxygen atoms in total. The predicted molar refractivity (Wildman–Crippen MR) is 85.9 cm³/mol. The fourth-order valence-corrected chi connectivity index (χ4v) is 3.85. The average Bonchev–Trinajstić information content (AvgIpc) is 2.32. The van der Waals surface area contributed by atoms with Crippen LogP contribution in [0.2, 0.25) is 0 Å². The summed E-state index contributed by atoms with van der Waals surface area (Å²) in [7, 11) is -4.20. The number of nitro benzene ring substituents is 1. The van der Waals surface area contributed by atoms with Gasteiger partial charge in [0.05, 0.1) is 16.1 Å². The molecule has 128 valence electrons. The molecule has 2 N–H and O–H groups in total. The number of nitrogens with two attached hydrogens (primary N) is 1. The van der Waals surface area contributed by atoms with Crippen LogP contribution in [0.25, 0.3) is 0 Å². The number of para-hydroxylation sites is 1. The van der Waals surface area contributed by atoms with Crippen LogP contribution < -0.4 is 10.0 Å². The summed E-state index contributed by atoms with van der Waals surface area (Å²) >= 11 is 0. The van der Waals surface area contributed by atoms with Crippen molar-refractivity contribution in [3.63, 3.8) is 0 Å². The summed E-state index contributed by atoms with van der Waals surface area (Å²) in [5.41, 5.74) is -1.34. The van der Waals surface area contributed by atoms with Crippen molar-refractivity contribution in [3.8, 4) is 0 Å². The molecule has 0 unspecified atom stereocenters. The number of sulfonamides is 1. The molecule has 9 heteroatoms. The Balaban J connectivity index is 2.62. The number of ether oxygens (including phenoxy) is 1. The molecule has 0 spiro atoms. The topological polar surface area (TPSA) is 116 Å². The van der Waals surface area contributed by atoms with Gasteiger partial charge in [-0.05, 0) is 39.8 Å². The summed E-state index contributed by atoms with van der Waals surface area (Å²) < 4.78 is 29.3. The number of nitrogens with zero attached hydrogens (tertiary/aromatic N) is 2. The molecule has 1 aliphatic heterocycles. The SMILES string of the molecule is CC1(C)CN(c2cccc(S(N)(=O)=O)c2[N+](=O)[O-])CC(C)(C)O1. The standard InChI is InChI=1S/C14H21N3O5S/c1-13(2)8-16(9-14(3,4)22-13)10-6-5-7-11(23(15,20)21)12(10)17(18)19/h5-7H,8-9H2,1-4H3,(H2,15,20,21). The summed E-state index contributed by atoms with van der Waals surface area (Å²) in [6.45, 7) is 8.33. The van der Waals surface area contributed by atoms with E-state index in [0.29, 0.717) is 13.1 Å². The van der Waals surface area contributed by atoms with Gasteiger partial charge >= 0.3 is 5.69 Å². The smallest absolute Gasteiger partial charge is 0.312 e. The van der Waals surface area contributed by atoms with Crippen LogP contribution in [0, 0.1) is 10.1 Å². The first-order chi connectivity index (χ1) is 10.3. The molecule has 1 aliphatic rings. The largest absolute Gasteiger partial charge is 0.366 e. The normalized spacial score (nSPS) is 20.3. The van der Waals surface area contributed by atoms with Gasteiger partial charge in [-0.2, -0.15) is 0 Å². The molecular formula is C14H21N3O5S. The Morgan fingerprint density at radius 1 is 1.22 bits per heavy atom. The number of anilines is 1. The second-order valence-corrected chi connectivity index (χ2v) is 8.43. The highest BCUT2D eigenvalue weighted by Crippen LogP contribution is 2.38. The maximum Gasteiger partial charge on any atom is 0.312 e. The van der Waals surface area contributed by atoms with Gasteiger partial charge in [0, 0.05) is 13.1 Å². The van der Waals surface area contributed by atoms with Crippen molar-refractivity contribution in [2.75, 3.05) is 18.0 Å². The van der Waals surface area contributed by atoms with Crippen LogP contribution in [0.15, 0.2) is 23.1 Å². The van der Waals surface area contributed by atoms with Crippen molar-refractivity contribution in [1.29, 1.82) is 0 Å². The summed E-state index contributed by atoms with van der Waals surface area (Å²) in [6.07, 6.45) is 0. The molecule has 0 aliphatic carbocycles. The minimum absolute atomic E-state index is 0.228. The van der Waals surface area contributed by atoms with E-state index in [4.69, 9.17) is 9.88 Å². The Morgan fingerprint density at radius 2 is 1.74 bits per heavy atom. The van der Waals surface area contributed by atoms with Crippen LogP contribution in [-0.2, 0) is 14.8 Å². The van der Waals surface area contributed by atoms with Crippen molar-refractivity contribution in [2.45, 2.75) is 43.8 Å². The molecule has 23 heavy (non-hydrogen) atoms. The van der Waals surface area contributed by atoms with E-state index in [1.807, 2.05) is 27.7 Å². The Morgan fingerprint density at radius 3 is 2.17 bits per heavy atom. The second kappa shape index (κ2) is 5.43. The minimum Gasteiger partial charge on any atom is -0.366 e. The van der Waals surface area contributed by atoms with Gasteiger partial charge in [-0.15, -0.1) is 0 Å². The third-order valence-electron chi connectivity index (χ3n) is 3.50. The first-order valence-corrected chi connectivity index (χ1v) is 8.62. The fourth-order valence-electron chi connectivity index (χ4n) is 3.14. The highest BCUT2D eigenvalue weighted by Gasteiger charge is 2.41. The molecule has 1 saturated heterocycles. The maximum absolute atomic E-state index is 11.7. The zero-order valence-electron chi connectivity index (χ0n) is 13.6. The number of primary sulfonamides is 1. The molecule has 0 amide bonds. The van der Waals surface area contributed by atoms with Gasteiger partial charge in [0.15, 0.2) is 4.90 Å². The number of benzene rings is 1. The van der Waals surface area contributed by atoms with Crippen LogP contribution in [0.5, 0.6) is 0 Å². The summed E-state index contributed by atoms with van der Waals surface area (Å²) in [6, 6.07) is 4.13. The molecule has 1 aromatic rings. The molecule has 0 bridgehead atoms. The van der Waals surface area contributed by atoms with Crippen LogP contribution >= 0.6 is 0 Å². The fraction of sp³-hybridized carbons (Fsp3) is 0.571. The van der Waals surface area contributed by atoms with Gasteiger partial charge in [-0.1, -0.05) is 6.07 Å². The first kappa shape index (κ1) is 17.6. The van der Waals surface area contributed by atoms with Crippen LogP contribution in [0.4, 0.5) is 11.4 Å². The lowest BCUT2D eigenvalue weighted by molar-refractivity contribution is -0.387. The molecule has 1 fully saturated rings. The summed E-state index contributed by atoms with van der Waals surface area (Å²) in [4.78, 5) is 12.1. The number of rotatable bonds is 3. The number of nitro groups is 1. The molecule has 1 aromatic carbocycles. The molecular weight excluding hydrogens is 322 g/mol. The average molecular weight is 343 g/mol. The lowest BCUT2D eigenvalue weighted by Crippen LogP contribution is -2.57. The first-order valence-electron chi connectivity index (χ1n) is 7.08. The van der Waals surface area contributed by atoms with Crippen LogP contribution in [0.1, 0.15) is 27.7 Å². The van der Waals surface area contributed by atoms with Crippen molar-refractivity contribution in [1.82, 2.24) is 0 Å². The highest BCUT2D eigenvalue weighted by atomic mass is 32.2. The molecule has 0 saturated carbocycles. The van der Waals surface area contributed by atoms with E-state index >= 15 is 0 Å². The molecule has 1 heterocycles. The van der Waals surface area contributed by atoms with E-state index in [0.717, 1.165) is 6.07 Å². The van der Waals surface area contributed by atoms with Crippen molar-refractivity contribution in [2.24, 2.45) is 5.14 Å². The number of morpholine rings is 1. The maximum atomic E-state index is 11.7. The minimum atomic E-state index is -4.20. The predicted octanol–water partition coefficient (Wildman–Crippen LogP) is 1.64. The van der Waals surface area contributed by atoms with Crippen LogP contribution in [-0.4, -0.2) is 37.6 Å². The van der Waals surface area contributed by atoms with E-state index in [2.05, 4.69) is 0 Å². The van der Waals surface area contributed by atoms with Gasteiger partial charge in [0.1, 0.15) is 5.69 Å². The third-order valence-corrected chi connectivity index (χ3v) is 4.45. The Bertz CT molecular complexity index is 727. The van der Waals surface area contributed by atoms with E-state index in [1.54, 1.807) is 4.90 Å². The summed E-state index contributed by atoms with van der Waals surface area (Å²) in [5, 5.41) is 16.6. The van der Waals surface area contributed by atoms with Gasteiger partial charge < -0.3 is 9.64 Å². The number of hydrogen-bond donors (Lipinski definition) is 1. The van der Waals surface area contributed by atoms with Crippen molar-refractivity contribution in [3.05, 3.63) is 28.3 Å². The van der Waals surface area contributed by atoms with Gasteiger partial charge in [-0.3, -0.25) is 10.1 Å². The van der Waals surface area contributed by atoms with E-state index < -0.39 is 36.7 Å². The van der Waals surface area contributed by atoms with Gasteiger partial charge in [0.25, 0.3) is 0 Å². The zero-order valence-corrected chi connectivity index (χ0v) is 14.4. The van der Waals surface area contributed by atoms with Gasteiger partial charge in [0.2, 0.25) is 10.0 Å². The van der Waals surface area contributed by atoms with Crippen molar-refractivity contribution < 1.29 is 18.1 Å². The van der Waals surface area contributed by atoms with Gasteiger partial charge in [-0.25, -0.2) is 13.6 Å². The summed E-state index contributed by atoms with van der Waals surface area (Å²) in [5.74, 6) is 0. The highest BCUT2D eigenvalue weighted by molar-refractivity contribution is 7.89. The van der Waals surface area contributed by atoms with E-state index in [1.165, 1.54) is 12.1 Å². The monoisotopic (exact) mass is 343 g/mol. The Labute approximate surface area is 135 Å². The molecule has 0 aromatic heterocycles. The second-order valence-electron chi connectivity index (χ2n) is 6.90.